The van der Waals surface area contributed by atoms with Gasteiger partial charge in [-0.3, -0.25) is 14.5 Å². The van der Waals surface area contributed by atoms with Crippen molar-refractivity contribution in [2.45, 2.75) is 44.6 Å². The van der Waals surface area contributed by atoms with Gasteiger partial charge in [0.25, 0.3) is 5.91 Å². The highest BCUT2D eigenvalue weighted by molar-refractivity contribution is 6.11. The molecule has 0 bridgehead atoms. The number of hydrogen-bond acceptors (Lipinski definition) is 3. The predicted molar refractivity (Wildman–Crippen MR) is 120 cm³/mol. The van der Waals surface area contributed by atoms with Crippen LogP contribution in [0.2, 0.25) is 0 Å². The van der Waals surface area contributed by atoms with Crippen LogP contribution in [0.1, 0.15) is 48.0 Å². The molecule has 5 heteroatoms. The van der Waals surface area contributed by atoms with Crippen molar-refractivity contribution >= 4 is 17.5 Å². The number of rotatable bonds is 6. The summed E-state index contributed by atoms with van der Waals surface area (Å²) in [5, 5.41) is 3.09. The number of benzene rings is 2. The van der Waals surface area contributed by atoms with Gasteiger partial charge in [-0.1, -0.05) is 49.2 Å². The van der Waals surface area contributed by atoms with Crippen LogP contribution in [-0.4, -0.2) is 48.9 Å². The standard InChI is InChI=1S/C25H31N3O2/c29-24(26-15-10-18-27-16-8-1-2-9-17-27)23-19-21-13-6-7-14-22(21)28(23)25(30)20-11-4-3-5-12-20/h3-7,11-14,23H,1-2,8-10,15-19H2,(H,26,29). The van der Waals surface area contributed by atoms with Gasteiger partial charge < -0.3 is 10.2 Å². The minimum atomic E-state index is -0.492. The molecular formula is C25H31N3O2. The third-order valence-electron chi connectivity index (χ3n) is 6.17. The van der Waals surface area contributed by atoms with E-state index in [0.717, 1.165) is 24.2 Å². The Morgan fingerprint density at radius 1 is 0.900 bits per heavy atom. The van der Waals surface area contributed by atoms with E-state index in [0.29, 0.717) is 18.5 Å². The number of carbonyl (C=O) groups excluding carboxylic acids is 2. The molecule has 1 fully saturated rings. The molecule has 30 heavy (non-hydrogen) atoms. The topological polar surface area (TPSA) is 52.7 Å². The van der Waals surface area contributed by atoms with Crippen molar-refractivity contribution in [3.05, 3.63) is 65.7 Å². The summed E-state index contributed by atoms with van der Waals surface area (Å²) in [5.74, 6) is -0.184. The summed E-state index contributed by atoms with van der Waals surface area (Å²) >= 11 is 0. The van der Waals surface area contributed by atoms with Crippen molar-refractivity contribution in [1.82, 2.24) is 10.2 Å². The molecule has 2 aromatic carbocycles. The molecule has 1 saturated heterocycles. The molecule has 158 valence electrons. The first-order chi connectivity index (χ1) is 14.7. The maximum Gasteiger partial charge on any atom is 0.259 e. The van der Waals surface area contributed by atoms with Crippen LogP contribution in [-0.2, 0) is 11.2 Å². The molecule has 1 unspecified atom stereocenters. The number of anilines is 1. The average molecular weight is 406 g/mol. The zero-order chi connectivity index (χ0) is 20.8. The molecular weight excluding hydrogens is 374 g/mol. The summed E-state index contributed by atoms with van der Waals surface area (Å²) in [4.78, 5) is 30.5. The highest BCUT2D eigenvalue weighted by atomic mass is 16.2. The predicted octanol–water partition coefficient (Wildman–Crippen LogP) is 3.64. The van der Waals surface area contributed by atoms with Gasteiger partial charge in [-0.25, -0.2) is 0 Å². The van der Waals surface area contributed by atoms with Crippen molar-refractivity contribution in [3.63, 3.8) is 0 Å². The number of nitrogens with zero attached hydrogens (tertiary/aromatic N) is 2. The van der Waals surface area contributed by atoms with Gasteiger partial charge in [0, 0.05) is 24.2 Å². The summed E-state index contributed by atoms with van der Waals surface area (Å²) in [7, 11) is 0. The van der Waals surface area contributed by atoms with E-state index >= 15 is 0 Å². The van der Waals surface area contributed by atoms with E-state index < -0.39 is 6.04 Å². The van der Waals surface area contributed by atoms with E-state index in [-0.39, 0.29) is 11.8 Å². The molecule has 1 N–H and O–H groups in total. The minimum Gasteiger partial charge on any atom is -0.354 e. The molecule has 5 nitrogen and oxygen atoms in total. The minimum absolute atomic E-state index is 0.0636. The van der Waals surface area contributed by atoms with Crippen LogP contribution < -0.4 is 10.2 Å². The normalized spacial score (nSPS) is 19.2. The molecule has 2 heterocycles. The van der Waals surface area contributed by atoms with Gasteiger partial charge in [-0.2, -0.15) is 0 Å². The summed E-state index contributed by atoms with van der Waals surface area (Å²) in [6.07, 6.45) is 6.73. The first kappa shape index (κ1) is 20.6. The Balaban J connectivity index is 1.39. The van der Waals surface area contributed by atoms with Crippen LogP contribution in [0.15, 0.2) is 54.6 Å². The molecule has 2 aliphatic rings. The second-order valence-electron chi connectivity index (χ2n) is 8.29. The SMILES string of the molecule is O=C(NCCCN1CCCCCC1)C1Cc2ccccc2N1C(=O)c1ccccc1. The smallest absolute Gasteiger partial charge is 0.259 e. The van der Waals surface area contributed by atoms with Gasteiger partial charge in [0.2, 0.25) is 5.91 Å². The maximum atomic E-state index is 13.2. The summed E-state index contributed by atoms with van der Waals surface area (Å²) in [6.45, 7) is 4.02. The Hall–Kier alpha value is -2.66. The van der Waals surface area contributed by atoms with Gasteiger partial charge in [0.05, 0.1) is 0 Å². The van der Waals surface area contributed by atoms with Gasteiger partial charge in [-0.05, 0) is 62.7 Å². The number of carbonyl (C=O) groups is 2. The summed E-state index contributed by atoms with van der Waals surface area (Å²) in [5.41, 5.74) is 2.50. The third kappa shape index (κ3) is 4.73. The molecule has 0 aliphatic carbocycles. The van der Waals surface area contributed by atoms with Crippen molar-refractivity contribution in [2.24, 2.45) is 0 Å². The van der Waals surface area contributed by atoms with Crippen LogP contribution in [0.3, 0.4) is 0 Å². The van der Waals surface area contributed by atoms with Crippen LogP contribution in [0.25, 0.3) is 0 Å². The molecule has 0 saturated carbocycles. The number of para-hydroxylation sites is 1. The van der Waals surface area contributed by atoms with Gasteiger partial charge in [0.1, 0.15) is 6.04 Å². The fraction of sp³-hybridized carbons (Fsp3) is 0.440. The summed E-state index contributed by atoms with van der Waals surface area (Å²) in [6, 6.07) is 16.5. The number of likely N-dealkylation sites (tertiary alicyclic amines) is 1. The van der Waals surface area contributed by atoms with E-state index in [1.54, 1.807) is 17.0 Å². The zero-order valence-corrected chi connectivity index (χ0v) is 17.6. The lowest BCUT2D eigenvalue weighted by Crippen LogP contribution is -2.48. The Labute approximate surface area is 179 Å². The van der Waals surface area contributed by atoms with E-state index in [9.17, 15) is 9.59 Å². The number of fused-ring (bicyclic) bond motifs is 1. The Bertz CT molecular complexity index is 860. The first-order valence-corrected chi connectivity index (χ1v) is 11.2. The van der Waals surface area contributed by atoms with E-state index in [1.165, 1.54) is 38.8 Å². The highest BCUT2D eigenvalue weighted by Gasteiger charge is 2.38. The lowest BCUT2D eigenvalue weighted by atomic mass is 10.1. The molecule has 2 aromatic rings. The Morgan fingerprint density at radius 2 is 1.60 bits per heavy atom. The van der Waals surface area contributed by atoms with Crippen molar-refractivity contribution in [1.29, 1.82) is 0 Å². The van der Waals surface area contributed by atoms with Gasteiger partial charge in [-0.15, -0.1) is 0 Å². The van der Waals surface area contributed by atoms with Crippen LogP contribution in [0.4, 0.5) is 5.69 Å². The lowest BCUT2D eigenvalue weighted by Gasteiger charge is -2.25. The molecule has 2 amide bonds. The molecule has 4 rings (SSSR count). The molecule has 0 radical (unpaired) electrons. The Kier molecular flexibility index (Phi) is 6.80. The number of hydrogen-bond donors (Lipinski definition) is 1. The largest absolute Gasteiger partial charge is 0.354 e. The van der Waals surface area contributed by atoms with Gasteiger partial charge in [0.15, 0.2) is 0 Å². The van der Waals surface area contributed by atoms with Gasteiger partial charge >= 0.3 is 0 Å². The van der Waals surface area contributed by atoms with Crippen LogP contribution in [0.5, 0.6) is 0 Å². The monoisotopic (exact) mass is 405 g/mol. The fourth-order valence-corrected chi connectivity index (χ4v) is 4.56. The van der Waals surface area contributed by atoms with E-state index in [1.807, 2.05) is 42.5 Å². The molecule has 2 aliphatic heterocycles. The summed E-state index contributed by atoms with van der Waals surface area (Å²) < 4.78 is 0. The molecule has 1 atom stereocenters. The zero-order valence-electron chi connectivity index (χ0n) is 17.6. The molecule has 0 spiro atoms. The van der Waals surface area contributed by atoms with Crippen LogP contribution in [0, 0.1) is 0 Å². The van der Waals surface area contributed by atoms with Crippen molar-refractivity contribution < 1.29 is 9.59 Å². The Morgan fingerprint density at radius 3 is 2.37 bits per heavy atom. The second-order valence-corrected chi connectivity index (χ2v) is 8.29. The van der Waals surface area contributed by atoms with Crippen molar-refractivity contribution in [2.75, 3.05) is 31.1 Å². The molecule has 0 aromatic heterocycles. The van der Waals surface area contributed by atoms with Crippen molar-refractivity contribution in [3.8, 4) is 0 Å². The van der Waals surface area contributed by atoms with Crippen LogP contribution >= 0.6 is 0 Å². The van der Waals surface area contributed by atoms with E-state index in [4.69, 9.17) is 0 Å². The quantitative estimate of drug-likeness (QED) is 0.747. The third-order valence-corrected chi connectivity index (χ3v) is 6.17. The lowest BCUT2D eigenvalue weighted by molar-refractivity contribution is -0.122. The first-order valence-electron chi connectivity index (χ1n) is 11.2. The number of nitrogens with one attached hydrogen (secondary N) is 1. The maximum absolute atomic E-state index is 13.2. The van der Waals surface area contributed by atoms with E-state index in [2.05, 4.69) is 10.2 Å². The second kappa shape index (κ2) is 9.90. The average Bonchev–Trinajstić information content (AvgIpc) is 2.98. The highest BCUT2D eigenvalue weighted by Crippen LogP contribution is 2.33. The number of amides is 2. The fourth-order valence-electron chi connectivity index (χ4n) is 4.56.